The minimum atomic E-state index is 0.0166. The highest BCUT2D eigenvalue weighted by Gasteiger charge is 2.15. The third-order valence-electron chi connectivity index (χ3n) is 2.30. The molecule has 0 bridgehead atoms. The van der Waals surface area contributed by atoms with Crippen molar-refractivity contribution in [3.8, 4) is 0 Å². The summed E-state index contributed by atoms with van der Waals surface area (Å²) in [6, 6.07) is 5.65. The Morgan fingerprint density at radius 1 is 1.29 bits per heavy atom. The number of nitrogen functional groups attached to an aromatic ring is 1. The monoisotopic (exact) mass is 191 g/mol. The molecule has 0 heterocycles. The average molecular weight is 191 g/mol. The first-order valence-electron chi connectivity index (χ1n) is 4.73. The molecule has 2 N–H and O–H groups in total. The van der Waals surface area contributed by atoms with Gasteiger partial charge in [0, 0.05) is 11.3 Å². The summed E-state index contributed by atoms with van der Waals surface area (Å²) in [5.41, 5.74) is 8.21. The molecule has 0 aliphatic heterocycles. The lowest BCUT2D eigenvalue weighted by atomic mass is 9.86. The quantitative estimate of drug-likeness (QED) is 0.548. The fraction of sp³-hybridized carbons (Fsp3) is 0.417. The molecule has 0 saturated carbocycles. The van der Waals surface area contributed by atoms with Gasteiger partial charge in [0.1, 0.15) is 0 Å². The molecule has 76 valence electrons. The van der Waals surface area contributed by atoms with Gasteiger partial charge >= 0.3 is 0 Å². The Balaban J connectivity index is 3.20. The molecule has 2 nitrogen and oxygen atoms in total. The van der Waals surface area contributed by atoms with Gasteiger partial charge in [0.05, 0.1) is 0 Å². The van der Waals surface area contributed by atoms with Crippen LogP contribution in [0.5, 0.6) is 0 Å². The van der Waals surface area contributed by atoms with Crippen molar-refractivity contribution >= 4 is 11.5 Å². The number of ketones is 1. The van der Waals surface area contributed by atoms with Crippen LogP contribution < -0.4 is 5.73 Å². The number of carbonyl (C=O) groups excluding carboxylic acids is 1. The van der Waals surface area contributed by atoms with Gasteiger partial charge in [-0.3, -0.25) is 4.79 Å². The van der Waals surface area contributed by atoms with Gasteiger partial charge in [-0.15, -0.1) is 0 Å². The Kier molecular flexibility index (Phi) is 2.65. The minimum absolute atomic E-state index is 0.0166. The van der Waals surface area contributed by atoms with Crippen LogP contribution in [0.15, 0.2) is 18.2 Å². The van der Waals surface area contributed by atoms with Crippen molar-refractivity contribution in [1.29, 1.82) is 0 Å². The molecule has 1 aromatic carbocycles. The van der Waals surface area contributed by atoms with Crippen molar-refractivity contribution in [1.82, 2.24) is 0 Å². The van der Waals surface area contributed by atoms with E-state index in [2.05, 4.69) is 20.8 Å². The lowest BCUT2D eigenvalue weighted by Crippen LogP contribution is -2.12. The van der Waals surface area contributed by atoms with Crippen molar-refractivity contribution in [2.24, 2.45) is 0 Å². The predicted octanol–water partition coefficient (Wildman–Crippen LogP) is 2.77. The van der Waals surface area contributed by atoms with Gasteiger partial charge in [0.15, 0.2) is 5.78 Å². The van der Waals surface area contributed by atoms with Gasteiger partial charge in [-0.1, -0.05) is 26.8 Å². The molecule has 0 aliphatic carbocycles. The SMILES string of the molecule is CC(=O)c1ccc(C(C)(C)C)cc1N. The summed E-state index contributed by atoms with van der Waals surface area (Å²) in [5, 5.41) is 0. The molecule has 1 rings (SSSR count). The van der Waals surface area contributed by atoms with Crippen LogP contribution in [0.4, 0.5) is 5.69 Å². The second-order valence-electron chi connectivity index (χ2n) is 4.61. The Morgan fingerprint density at radius 3 is 2.21 bits per heavy atom. The van der Waals surface area contributed by atoms with Crippen LogP contribution in [0.25, 0.3) is 0 Å². The highest BCUT2D eigenvalue weighted by atomic mass is 16.1. The van der Waals surface area contributed by atoms with Crippen LogP contribution >= 0.6 is 0 Å². The number of anilines is 1. The van der Waals surface area contributed by atoms with Crippen molar-refractivity contribution in [3.63, 3.8) is 0 Å². The molecule has 0 atom stereocenters. The van der Waals surface area contributed by atoms with E-state index in [0.717, 1.165) is 5.56 Å². The number of Topliss-reactive ketones (excluding diaryl/α,β-unsaturated/α-hetero) is 1. The molecule has 14 heavy (non-hydrogen) atoms. The summed E-state index contributed by atoms with van der Waals surface area (Å²) in [6.07, 6.45) is 0. The maximum absolute atomic E-state index is 11.1. The first-order chi connectivity index (χ1) is 6.32. The summed E-state index contributed by atoms with van der Waals surface area (Å²) in [6.45, 7) is 7.89. The van der Waals surface area contributed by atoms with Crippen LogP contribution in [-0.2, 0) is 5.41 Å². The summed E-state index contributed by atoms with van der Waals surface area (Å²) >= 11 is 0. The molecule has 0 aliphatic rings. The highest BCUT2D eigenvalue weighted by Crippen LogP contribution is 2.25. The largest absolute Gasteiger partial charge is 0.398 e. The van der Waals surface area contributed by atoms with Crippen LogP contribution in [0, 0.1) is 0 Å². The fourth-order valence-corrected chi connectivity index (χ4v) is 1.35. The van der Waals surface area contributed by atoms with Crippen LogP contribution in [0.1, 0.15) is 43.6 Å². The maximum Gasteiger partial charge on any atom is 0.161 e. The molecule has 0 radical (unpaired) electrons. The third kappa shape index (κ3) is 2.13. The van der Waals surface area contributed by atoms with Crippen molar-refractivity contribution < 1.29 is 4.79 Å². The lowest BCUT2D eigenvalue weighted by molar-refractivity contribution is 0.101. The smallest absolute Gasteiger partial charge is 0.161 e. The first-order valence-corrected chi connectivity index (χ1v) is 4.73. The second kappa shape index (κ2) is 3.45. The molecular formula is C12H17NO. The van der Waals surface area contributed by atoms with Gasteiger partial charge in [0.2, 0.25) is 0 Å². The molecule has 0 amide bonds. The molecule has 2 heteroatoms. The van der Waals surface area contributed by atoms with E-state index in [1.54, 1.807) is 6.07 Å². The van der Waals surface area contributed by atoms with Crippen LogP contribution in [0.2, 0.25) is 0 Å². The number of hydrogen-bond donors (Lipinski definition) is 1. The van der Waals surface area contributed by atoms with E-state index in [-0.39, 0.29) is 11.2 Å². The van der Waals surface area contributed by atoms with E-state index in [1.807, 2.05) is 12.1 Å². The zero-order valence-corrected chi connectivity index (χ0v) is 9.22. The predicted molar refractivity (Wildman–Crippen MR) is 59.6 cm³/mol. The van der Waals surface area contributed by atoms with E-state index >= 15 is 0 Å². The molecule has 0 aromatic heterocycles. The maximum atomic E-state index is 11.1. The van der Waals surface area contributed by atoms with E-state index < -0.39 is 0 Å². The van der Waals surface area contributed by atoms with Crippen molar-refractivity contribution in [2.75, 3.05) is 5.73 Å². The molecule has 0 fully saturated rings. The molecule has 0 unspecified atom stereocenters. The second-order valence-corrected chi connectivity index (χ2v) is 4.61. The van der Waals surface area contributed by atoms with E-state index in [1.165, 1.54) is 6.92 Å². The summed E-state index contributed by atoms with van der Waals surface area (Å²) in [7, 11) is 0. The zero-order chi connectivity index (χ0) is 10.9. The number of rotatable bonds is 1. The van der Waals surface area contributed by atoms with Crippen molar-refractivity contribution in [3.05, 3.63) is 29.3 Å². The van der Waals surface area contributed by atoms with E-state index in [9.17, 15) is 4.79 Å². The standard InChI is InChI=1S/C12H17NO/c1-8(14)10-6-5-9(7-11(10)13)12(2,3)4/h5-7H,13H2,1-4H3. The van der Waals surface area contributed by atoms with Crippen LogP contribution in [-0.4, -0.2) is 5.78 Å². The molecular weight excluding hydrogens is 174 g/mol. The summed E-state index contributed by atoms with van der Waals surface area (Å²) < 4.78 is 0. The van der Waals surface area contributed by atoms with Crippen LogP contribution in [0.3, 0.4) is 0 Å². The van der Waals surface area contributed by atoms with E-state index in [0.29, 0.717) is 11.3 Å². The lowest BCUT2D eigenvalue weighted by Gasteiger charge is -2.19. The normalized spacial score (nSPS) is 11.4. The third-order valence-corrected chi connectivity index (χ3v) is 2.30. The Hall–Kier alpha value is -1.31. The Labute approximate surface area is 85.1 Å². The summed E-state index contributed by atoms with van der Waals surface area (Å²) in [5.74, 6) is 0.0166. The van der Waals surface area contributed by atoms with Gasteiger partial charge in [0.25, 0.3) is 0 Å². The Bertz CT molecular complexity index is 361. The Morgan fingerprint density at radius 2 is 1.86 bits per heavy atom. The van der Waals surface area contributed by atoms with E-state index in [4.69, 9.17) is 5.73 Å². The van der Waals surface area contributed by atoms with Gasteiger partial charge < -0.3 is 5.73 Å². The molecule has 0 saturated heterocycles. The van der Waals surface area contributed by atoms with Crippen molar-refractivity contribution in [2.45, 2.75) is 33.1 Å². The van der Waals surface area contributed by atoms with Gasteiger partial charge in [-0.25, -0.2) is 0 Å². The molecule has 1 aromatic rings. The number of benzene rings is 1. The first kappa shape index (κ1) is 10.8. The number of hydrogen-bond acceptors (Lipinski definition) is 2. The highest BCUT2D eigenvalue weighted by molar-refractivity contribution is 5.99. The summed E-state index contributed by atoms with van der Waals surface area (Å²) in [4.78, 5) is 11.1. The number of nitrogens with two attached hydrogens (primary N) is 1. The zero-order valence-electron chi connectivity index (χ0n) is 9.22. The van der Waals surface area contributed by atoms with Gasteiger partial charge in [-0.2, -0.15) is 0 Å². The minimum Gasteiger partial charge on any atom is -0.398 e. The molecule has 0 spiro atoms. The topological polar surface area (TPSA) is 43.1 Å². The average Bonchev–Trinajstić information content (AvgIpc) is 2.01. The number of carbonyl (C=O) groups is 1. The van der Waals surface area contributed by atoms with Gasteiger partial charge in [-0.05, 0) is 30.0 Å². The fourth-order valence-electron chi connectivity index (χ4n) is 1.35.